The highest BCUT2D eigenvalue weighted by atomic mass is 19.1. The molecule has 0 radical (unpaired) electrons. The molecule has 9 nitrogen and oxygen atoms in total. The van der Waals surface area contributed by atoms with Gasteiger partial charge in [0.1, 0.15) is 36.6 Å². The van der Waals surface area contributed by atoms with Gasteiger partial charge in [-0.25, -0.2) is 23.4 Å². The van der Waals surface area contributed by atoms with Crippen molar-refractivity contribution in [1.82, 2.24) is 0 Å². The highest BCUT2D eigenvalue weighted by molar-refractivity contribution is 5.72. The number of aliphatic hydroxyl groups excluding tert-OH is 1. The summed E-state index contributed by atoms with van der Waals surface area (Å²) in [6.45, 7) is 3.70. The molecule has 0 heterocycles. The number of aromatic hydroxyl groups is 1. The molecule has 5 atom stereocenters. The molecule has 42 heavy (non-hydrogen) atoms. The third kappa shape index (κ3) is 10.7. The molecular weight excluding hydrogens is 552 g/mol. The van der Waals surface area contributed by atoms with Gasteiger partial charge in [-0.1, -0.05) is 31.2 Å². The van der Waals surface area contributed by atoms with Gasteiger partial charge in [0, 0.05) is 18.0 Å². The third-order valence-corrected chi connectivity index (χ3v) is 6.55. The zero-order valence-corrected chi connectivity index (χ0v) is 23.1. The van der Waals surface area contributed by atoms with Crippen molar-refractivity contribution >= 4 is 24.7 Å². The molecule has 0 spiro atoms. The number of carboxylic acid groups (broad SMARTS) is 1. The van der Waals surface area contributed by atoms with Crippen LogP contribution in [0.2, 0.25) is 0 Å². The summed E-state index contributed by atoms with van der Waals surface area (Å²) in [7, 11) is 0. The summed E-state index contributed by atoms with van der Waals surface area (Å²) in [5, 5.41) is 32.4. The van der Waals surface area contributed by atoms with Gasteiger partial charge in [-0.05, 0) is 78.9 Å². The van der Waals surface area contributed by atoms with Gasteiger partial charge in [0.2, 0.25) is 0 Å². The standard InChI is InChI=1S/C30H33F2NO7.CH2O/c1-2-25(35)17-28(30(37)38)40-39-27(19-3-8-22(31)9-4-19)16-7-21(18-34)29(20-5-14-26(36)15-6-20)33-24-12-10-23(32)11-13-24;1-2/h3-6,8-15,18,21,25,27-29,33,35-36H,2,7,16-17H2,1H3,(H,37,38);1H2/t21?,25-,27+,28+,29?;/m1./s1. The Morgan fingerprint density at radius 2 is 1.45 bits per heavy atom. The van der Waals surface area contributed by atoms with Crippen molar-refractivity contribution < 1.29 is 48.3 Å². The number of aliphatic carboxylic acids is 1. The third-order valence-electron chi connectivity index (χ3n) is 6.55. The lowest BCUT2D eigenvalue weighted by molar-refractivity contribution is -0.352. The van der Waals surface area contributed by atoms with E-state index in [0.29, 0.717) is 23.2 Å². The molecule has 0 aromatic heterocycles. The minimum absolute atomic E-state index is 0.0510. The zero-order chi connectivity index (χ0) is 31.1. The number of carbonyl (C=O) groups is 3. The van der Waals surface area contributed by atoms with E-state index in [-0.39, 0.29) is 25.0 Å². The van der Waals surface area contributed by atoms with E-state index in [1.165, 1.54) is 48.5 Å². The maximum atomic E-state index is 13.6. The molecule has 0 bridgehead atoms. The van der Waals surface area contributed by atoms with Gasteiger partial charge in [-0.3, -0.25) is 0 Å². The van der Waals surface area contributed by atoms with E-state index >= 15 is 0 Å². The molecule has 0 saturated carbocycles. The van der Waals surface area contributed by atoms with Crippen molar-refractivity contribution in [2.75, 3.05) is 5.32 Å². The lowest BCUT2D eigenvalue weighted by atomic mass is 9.88. The Labute approximate surface area is 242 Å². The molecule has 0 amide bonds. The average Bonchev–Trinajstić information content (AvgIpc) is 3.00. The lowest BCUT2D eigenvalue weighted by Gasteiger charge is -2.28. The number of nitrogens with one attached hydrogen (secondary N) is 1. The monoisotopic (exact) mass is 587 g/mol. The van der Waals surface area contributed by atoms with Crippen LogP contribution < -0.4 is 5.32 Å². The van der Waals surface area contributed by atoms with Crippen molar-refractivity contribution in [1.29, 1.82) is 0 Å². The summed E-state index contributed by atoms with van der Waals surface area (Å²) in [5.74, 6) is -2.80. The second-order valence-electron chi connectivity index (χ2n) is 9.46. The van der Waals surface area contributed by atoms with Crippen LogP contribution in [-0.2, 0) is 24.2 Å². The van der Waals surface area contributed by atoms with E-state index in [1.54, 1.807) is 31.2 Å². The van der Waals surface area contributed by atoms with Gasteiger partial charge in [0.25, 0.3) is 0 Å². The number of benzene rings is 3. The molecule has 226 valence electrons. The quantitative estimate of drug-likeness (QED) is 0.0965. The number of hydrogen-bond acceptors (Lipinski definition) is 8. The number of carbonyl (C=O) groups excluding carboxylic acids is 2. The van der Waals surface area contributed by atoms with Crippen LogP contribution in [0, 0.1) is 17.6 Å². The van der Waals surface area contributed by atoms with Crippen molar-refractivity contribution in [2.24, 2.45) is 5.92 Å². The fourth-order valence-corrected chi connectivity index (χ4v) is 4.18. The number of halogens is 2. The number of anilines is 1. The SMILES string of the molecule is C=O.CC[C@@H](O)C[C@H](OO[C@@H](CCC(C=O)C(Nc1ccc(F)cc1)c1ccc(O)cc1)c1ccc(F)cc1)C(=O)O. The first-order valence-corrected chi connectivity index (χ1v) is 13.2. The zero-order valence-electron chi connectivity index (χ0n) is 23.1. The first kappa shape index (κ1) is 34.0. The predicted molar refractivity (Wildman–Crippen MR) is 150 cm³/mol. The molecule has 4 N–H and O–H groups in total. The Morgan fingerprint density at radius 3 is 1.98 bits per heavy atom. The minimum atomic E-state index is -1.44. The van der Waals surface area contributed by atoms with Crippen molar-refractivity contribution in [3.05, 3.63) is 95.6 Å². The van der Waals surface area contributed by atoms with Crippen molar-refractivity contribution in [2.45, 2.75) is 57.0 Å². The van der Waals surface area contributed by atoms with E-state index < -0.39 is 47.9 Å². The van der Waals surface area contributed by atoms with Gasteiger partial charge >= 0.3 is 5.97 Å². The summed E-state index contributed by atoms with van der Waals surface area (Å²) in [5.41, 5.74) is 1.76. The normalized spacial score (nSPS) is 14.4. The van der Waals surface area contributed by atoms with Crippen LogP contribution in [0.5, 0.6) is 5.75 Å². The second-order valence-corrected chi connectivity index (χ2v) is 9.46. The molecule has 0 aliphatic rings. The molecule has 0 fully saturated rings. The molecule has 0 aliphatic heterocycles. The fraction of sp³-hybridized carbons (Fsp3) is 0.323. The number of hydrogen-bond donors (Lipinski definition) is 4. The lowest BCUT2D eigenvalue weighted by Crippen LogP contribution is -2.29. The Kier molecular flexibility index (Phi) is 14.2. The fourth-order valence-electron chi connectivity index (χ4n) is 4.18. The molecule has 11 heteroatoms. The van der Waals surface area contributed by atoms with Crippen LogP contribution in [0.4, 0.5) is 14.5 Å². The first-order chi connectivity index (χ1) is 20.2. The van der Waals surface area contributed by atoms with Crippen molar-refractivity contribution in [3.8, 4) is 5.75 Å². The summed E-state index contributed by atoms with van der Waals surface area (Å²) in [6.07, 6.45) is -1.90. The van der Waals surface area contributed by atoms with Crippen LogP contribution in [0.1, 0.15) is 55.9 Å². The maximum Gasteiger partial charge on any atom is 0.336 e. The highest BCUT2D eigenvalue weighted by Crippen LogP contribution is 2.33. The Bertz CT molecular complexity index is 1230. The number of aliphatic hydroxyl groups is 1. The van der Waals surface area contributed by atoms with Gasteiger partial charge in [-0.15, -0.1) is 0 Å². The van der Waals surface area contributed by atoms with E-state index in [0.717, 1.165) is 6.29 Å². The van der Waals surface area contributed by atoms with E-state index in [4.69, 9.17) is 14.6 Å². The summed E-state index contributed by atoms with van der Waals surface area (Å²) >= 11 is 0. The summed E-state index contributed by atoms with van der Waals surface area (Å²) < 4.78 is 27.1. The van der Waals surface area contributed by atoms with Crippen LogP contribution >= 0.6 is 0 Å². The molecule has 3 rings (SSSR count). The van der Waals surface area contributed by atoms with Crippen molar-refractivity contribution in [3.63, 3.8) is 0 Å². The molecular formula is C31H35F2NO8. The van der Waals surface area contributed by atoms with Crippen LogP contribution in [0.15, 0.2) is 72.8 Å². The number of aldehydes is 1. The highest BCUT2D eigenvalue weighted by Gasteiger charge is 2.28. The Balaban J connectivity index is 0.00000301. The molecule has 3 aromatic carbocycles. The molecule has 0 aliphatic carbocycles. The predicted octanol–water partition coefficient (Wildman–Crippen LogP) is 5.54. The smallest absolute Gasteiger partial charge is 0.336 e. The minimum Gasteiger partial charge on any atom is -0.508 e. The first-order valence-electron chi connectivity index (χ1n) is 13.2. The number of rotatable bonds is 16. The van der Waals surface area contributed by atoms with Crippen LogP contribution in [-0.4, -0.2) is 46.6 Å². The Morgan fingerprint density at radius 1 is 0.905 bits per heavy atom. The van der Waals surface area contributed by atoms with E-state index in [2.05, 4.69) is 5.32 Å². The summed E-state index contributed by atoms with van der Waals surface area (Å²) in [4.78, 5) is 42.8. The van der Waals surface area contributed by atoms with Gasteiger partial charge in [0.15, 0.2) is 6.10 Å². The topological polar surface area (TPSA) is 142 Å². The number of phenols is 1. The second kappa shape index (κ2) is 17.6. The number of phenolic OH excluding ortho intramolecular Hbond substituents is 1. The average molecular weight is 588 g/mol. The van der Waals surface area contributed by atoms with E-state index in [1.807, 2.05) is 6.79 Å². The van der Waals surface area contributed by atoms with Crippen LogP contribution in [0.25, 0.3) is 0 Å². The molecule has 0 saturated heterocycles. The van der Waals surface area contributed by atoms with Gasteiger partial charge in [-0.2, -0.15) is 0 Å². The molecule has 2 unspecified atom stereocenters. The Hall–Kier alpha value is -4.19. The van der Waals surface area contributed by atoms with Gasteiger partial charge in [0.05, 0.1) is 12.1 Å². The largest absolute Gasteiger partial charge is 0.508 e. The number of carboxylic acids is 1. The summed E-state index contributed by atoms with van der Waals surface area (Å²) in [6, 6.07) is 16.8. The van der Waals surface area contributed by atoms with Gasteiger partial charge < -0.3 is 30.2 Å². The maximum absolute atomic E-state index is 13.6. The molecule has 3 aromatic rings. The van der Waals surface area contributed by atoms with E-state index in [9.17, 15) is 33.7 Å². The van der Waals surface area contributed by atoms with Crippen LogP contribution in [0.3, 0.4) is 0 Å².